The molecule has 1 aliphatic rings. The van der Waals surface area contributed by atoms with Crippen LogP contribution in [0.3, 0.4) is 0 Å². The molecule has 1 fully saturated rings. The standard InChI is InChI=1S/C21H40O2Si/c1-10-17(2)12-11-13-18(3)14-15-19-21(7,23-19)16-22-24(8,9)20(4,5)6/h10,13,17,19H,1,11-12,14-16H2,2-9H3/b18-13+/t17-,19?,21?/m0/s1. The van der Waals surface area contributed by atoms with E-state index in [1.807, 2.05) is 6.08 Å². The van der Waals surface area contributed by atoms with E-state index >= 15 is 0 Å². The summed E-state index contributed by atoms with van der Waals surface area (Å²) in [6.07, 6.45) is 9.35. The number of ether oxygens (including phenoxy) is 1. The van der Waals surface area contributed by atoms with Gasteiger partial charge in [0.15, 0.2) is 8.32 Å². The van der Waals surface area contributed by atoms with E-state index in [4.69, 9.17) is 9.16 Å². The minimum Gasteiger partial charge on any atom is -0.414 e. The van der Waals surface area contributed by atoms with Crippen molar-refractivity contribution >= 4 is 8.32 Å². The summed E-state index contributed by atoms with van der Waals surface area (Å²) in [4.78, 5) is 0. The van der Waals surface area contributed by atoms with Crippen LogP contribution in [0.4, 0.5) is 0 Å². The maximum atomic E-state index is 6.35. The van der Waals surface area contributed by atoms with Crippen LogP contribution >= 0.6 is 0 Å². The molecular formula is C21H40O2Si. The summed E-state index contributed by atoms with van der Waals surface area (Å²) in [5.74, 6) is 0.608. The fourth-order valence-corrected chi connectivity index (χ4v) is 3.57. The number of epoxide rings is 1. The number of hydrogen-bond donors (Lipinski definition) is 0. The van der Waals surface area contributed by atoms with Crippen LogP contribution < -0.4 is 0 Å². The lowest BCUT2D eigenvalue weighted by Gasteiger charge is -2.36. The molecule has 1 heterocycles. The topological polar surface area (TPSA) is 21.8 Å². The highest BCUT2D eigenvalue weighted by molar-refractivity contribution is 6.74. The third kappa shape index (κ3) is 6.49. The van der Waals surface area contributed by atoms with Crippen LogP contribution in [0.1, 0.15) is 67.2 Å². The van der Waals surface area contributed by atoms with Gasteiger partial charge in [0.05, 0.1) is 12.7 Å². The van der Waals surface area contributed by atoms with Gasteiger partial charge in [-0.1, -0.05) is 45.4 Å². The Balaban J connectivity index is 2.32. The summed E-state index contributed by atoms with van der Waals surface area (Å²) in [6, 6.07) is 0. The predicted octanol–water partition coefficient (Wildman–Crippen LogP) is 6.49. The zero-order chi connectivity index (χ0) is 18.6. The van der Waals surface area contributed by atoms with Crippen molar-refractivity contribution in [1.82, 2.24) is 0 Å². The Morgan fingerprint density at radius 2 is 2.00 bits per heavy atom. The van der Waals surface area contributed by atoms with Crippen molar-refractivity contribution in [2.24, 2.45) is 5.92 Å². The van der Waals surface area contributed by atoms with Gasteiger partial charge in [0.1, 0.15) is 5.60 Å². The van der Waals surface area contributed by atoms with Crippen molar-refractivity contribution < 1.29 is 9.16 Å². The van der Waals surface area contributed by atoms with E-state index < -0.39 is 8.32 Å². The van der Waals surface area contributed by atoms with E-state index in [2.05, 4.69) is 67.3 Å². The molecule has 0 aromatic heterocycles. The van der Waals surface area contributed by atoms with Gasteiger partial charge in [0.25, 0.3) is 0 Å². The largest absolute Gasteiger partial charge is 0.414 e. The van der Waals surface area contributed by atoms with Crippen LogP contribution in [-0.2, 0) is 9.16 Å². The molecule has 3 heteroatoms. The lowest BCUT2D eigenvalue weighted by Crippen LogP contribution is -2.43. The third-order valence-corrected chi connectivity index (χ3v) is 10.4. The highest BCUT2D eigenvalue weighted by atomic mass is 28.4. The Morgan fingerprint density at radius 3 is 2.54 bits per heavy atom. The van der Waals surface area contributed by atoms with Crippen LogP contribution in [0, 0.1) is 5.92 Å². The normalized spacial score (nSPS) is 26.3. The van der Waals surface area contributed by atoms with E-state index in [1.165, 1.54) is 12.0 Å². The Bertz CT molecular complexity index is 447. The molecule has 1 rings (SSSR count). The molecule has 2 unspecified atom stereocenters. The van der Waals surface area contributed by atoms with Crippen LogP contribution in [0.2, 0.25) is 18.1 Å². The molecular weight excluding hydrogens is 312 g/mol. The van der Waals surface area contributed by atoms with Crippen molar-refractivity contribution in [2.45, 2.75) is 97.1 Å². The molecule has 0 bridgehead atoms. The van der Waals surface area contributed by atoms with E-state index in [9.17, 15) is 0 Å². The Kier molecular flexibility index (Phi) is 7.52. The number of hydrogen-bond acceptors (Lipinski definition) is 2. The minimum atomic E-state index is -1.68. The van der Waals surface area contributed by atoms with Crippen LogP contribution in [0.15, 0.2) is 24.3 Å². The lowest BCUT2D eigenvalue weighted by atomic mass is 10.0. The highest BCUT2D eigenvalue weighted by Gasteiger charge is 2.53. The first-order valence-electron chi connectivity index (χ1n) is 9.51. The highest BCUT2D eigenvalue weighted by Crippen LogP contribution is 2.43. The van der Waals surface area contributed by atoms with Gasteiger partial charge in [-0.05, 0) is 63.6 Å². The van der Waals surface area contributed by atoms with Crippen molar-refractivity contribution in [1.29, 1.82) is 0 Å². The van der Waals surface area contributed by atoms with E-state index in [1.54, 1.807) is 0 Å². The number of allylic oxidation sites excluding steroid dienone is 3. The second kappa shape index (κ2) is 8.33. The fourth-order valence-electron chi connectivity index (χ4n) is 2.49. The molecule has 24 heavy (non-hydrogen) atoms. The second-order valence-corrected chi connectivity index (χ2v) is 14.2. The average Bonchev–Trinajstić information content (AvgIpc) is 3.13. The van der Waals surface area contributed by atoms with Crippen LogP contribution in [-0.4, -0.2) is 26.6 Å². The summed E-state index contributed by atoms with van der Waals surface area (Å²) in [6.45, 7) is 22.7. The van der Waals surface area contributed by atoms with Crippen LogP contribution in [0.5, 0.6) is 0 Å². The third-order valence-electron chi connectivity index (χ3n) is 5.88. The van der Waals surface area contributed by atoms with Gasteiger partial charge in [0, 0.05) is 0 Å². The molecule has 1 saturated heterocycles. The molecule has 0 N–H and O–H groups in total. The van der Waals surface area contributed by atoms with Crippen molar-refractivity contribution in [3.8, 4) is 0 Å². The van der Waals surface area contributed by atoms with E-state index in [-0.39, 0.29) is 10.6 Å². The molecule has 0 spiro atoms. The lowest BCUT2D eigenvalue weighted by molar-refractivity contribution is 0.187. The molecule has 2 nitrogen and oxygen atoms in total. The van der Waals surface area contributed by atoms with E-state index in [0.717, 1.165) is 25.9 Å². The average molecular weight is 353 g/mol. The molecule has 0 saturated carbocycles. The molecule has 0 aromatic rings. The maximum Gasteiger partial charge on any atom is 0.192 e. The maximum absolute atomic E-state index is 6.35. The summed E-state index contributed by atoms with van der Waals surface area (Å²) in [5.41, 5.74) is 1.42. The minimum absolute atomic E-state index is 0.0623. The zero-order valence-electron chi connectivity index (χ0n) is 17.4. The Morgan fingerprint density at radius 1 is 1.38 bits per heavy atom. The van der Waals surface area contributed by atoms with E-state index in [0.29, 0.717) is 12.0 Å². The van der Waals surface area contributed by atoms with Gasteiger partial charge in [-0.15, -0.1) is 6.58 Å². The molecule has 0 aromatic carbocycles. The quantitative estimate of drug-likeness (QED) is 0.254. The van der Waals surface area contributed by atoms with Crippen molar-refractivity contribution in [3.63, 3.8) is 0 Å². The van der Waals surface area contributed by atoms with Crippen molar-refractivity contribution in [2.75, 3.05) is 6.61 Å². The SMILES string of the molecule is C=C[C@H](C)CC/C=C(\C)CCC1OC1(C)CO[Si](C)(C)C(C)(C)C. The van der Waals surface area contributed by atoms with Gasteiger partial charge in [-0.25, -0.2) is 0 Å². The second-order valence-electron chi connectivity index (χ2n) is 9.35. The van der Waals surface area contributed by atoms with Crippen LogP contribution in [0.25, 0.3) is 0 Å². The summed E-state index contributed by atoms with van der Waals surface area (Å²) >= 11 is 0. The fraction of sp³-hybridized carbons (Fsp3) is 0.810. The van der Waals surface area contributed by atoms with Gasteiger partial charge in [-0.3, -0.25) is 0 Å². The summed E-state index contributed by atoms with van der Waals surface area (Å²) in [7, 11) is -1.68. The first kappa shape index (κ1) is 21.7. The smallest absolute Gasteiger partial charge is 0.192 e. The first-order chi connectivity index (χ1) is 10.9. The van der Waals surface area contributed by atoms with Gasteiger partial charge in [-0.2, -0.15) is 0 Å². The Hall–Kier alpha value is -0.383. The molecule has 1 aliphatic heterocycles. The number of rotatable bonds is 10. The molecule has 140 valence electrons. The molecule has 0 amide bonds. The zero-order valence-corrected chi connectivity index (χ0v) is 18.4. The Labute approximate surface area is 151 Å². The molecule has 0 radical (unpaired) electrons. The molecule has 3 atom stereocenters. The first-order valence-corrected chi connectivity index (χ1v) is 12.4. The van der Waals surface area contributed by atoms with Gasteiger partial charge in [0.2, 0.25) is 0 Å². The van der Waals surface area contributed by atoms with Gasteiger partial charge >= 0.3 is 0 Å². The predicted molar refractivity (Wildman–Crippen MR) is 108 cm³/mol. The van der Waals surface area contributed by atoms with Crippen molar-refractivity contribution in [3.05, 3.63) is 24.3 Å². The summed E-state index contributed by atoms with van der Waals surface area (Å²) in [5, 5.41) is 0.260. The summed E-state index contributed by atoms with van der Waals surface area (Å²) < 4.78 is 12.3. The monoisotopic (exact) mass is 352 g/mol. The van der Waals surface area contributed by atoms with Gasteiger partial charge < -0.3 is 9.16 Å². The molecule has 0 aliphatic carbocycles.